The van der Waals surface area contributed by atoms with Gasteiger partial charge in [0.05, 0.1) is 6.54 Å². The van der Waals surface area contributed by atoms with E-state index in [1.807, 2.05) is 18.5 Å². The summed E-state index contributed by atoms with van der Waals surface area (Å²) in [4.78, 5) is 8.07. The van der Waals surface area contributed by atoms with E-state index in [-0.39, 0.29) is 0 Å². The lowest BCUT2D eigenvalue weighted by atomic mass is 10.1. The number of rotatable bonds is 1. The summed E-state index contributed by atoms with van der Waals surface area (Å²) in [5, 5.41) is 4.55. The summed E-state index contributed by atoms with van der Waals surface area (Å²) in [6.07, 6.45) is 7.29. The first-order valence-electron chi connectivity index (χ1n) is 4.54. The van der Waals surface area contributed by atoms with Gasteiger partial charge in [-0.15, -0.1) is 0 Å². The molecule has 5 heteroatoms. The van der Waals surface area contributed by atoms with E-state index < -0.39 is 0 Å². The minimum absolute atomic E-state index is 0.465. The Morgan fingerprint density at radius 1 is 1.40 bits per heavy atom. The van der Waals surface area contributed by atoms with Crippen LogP contribution < -0.4 is 0 Å². The molecule has 0 fully saturated rings. The highest BCUT2D eigenvalue weighted by Gasteiger charge is 2.08. The molecule has 0 saturated carbocycles. The van der Waals surface area contributed by atoms with Gasteiger partial charge in [-0.2, -0.15) is 5.10 Å². The van der Waals surface area contributed by atoms with E-state index in [0.717, 1.165) is 23.2 Å². The SMILES string of the molecule is Clc1ncnn2cc(C3=CCN=C3)cc12. The fourth-order valence-corrected chi connectivity index (χ4v) is 1.79. The topological polar surface area (TPSA) is 42.5 Å². The average Bonchev–Trinajstić information content (AvgIpc) is 2.86. The molecule has 0 atom stereocenters. The van der Waals surface area contributed by atoms with Crippen molar-refractivity contribution in [1.82, 2.24) is 14.6 Å². The van der Waals surface area contributed by atoms with Gasteiger partial charge in [0, 0.05) is 18.0 Å². The first kappa shape index (κ1) is 8.61. The van der Waals surface area contributed by atoms with Gasteiger partial charge in [0.25, 0.3) is 0 Å². The molecule has 1 aliphatic rings. The van der Waals surface area contributed by atoms with E-state index in [1.165, 1.54) is 6.33 Å². The zero-order chi connectivity index (χ0) is 10.3. The largest absolute Gasteiger partial charge is 0.288 e. The molecule has 2 aromatic rings. The molecule has 0 amide bonds. The van der Waals surface area contributed by atoms with Gasteiger partial charge in [-0.05, 0) is 11.6 Å². The lowest BCUT2D eigenvalue weighted by Gasteiger charge is -1.91. The van der Waals surface area contributed by atoms with Crippen LogP contribution in [0.15, 0.2) is 29.7 Å². The van der Waals surface area contributed by atoms with Gasteiger partial charge in [0.1, 0.15) is 11.8 Å². The lowest BCUT2D eigenvalue weighted by Crippen LogP contribution is -1.90. The van der Waals surface area contributed by atoms with E-state index in [1.54, 1.807) is 4.52 Å². The lowest BCUT2D eigenvalue weighted by molar-refractivity contribution is 0.903. The van der Waals surface area contributed by atoms with Crippen molar-refractivity contribution in [2.24, 2.45) is 4.99 Å². The minimum atomic E-state index is 0.465. The molecule has 15 heavy (non-hydrogen) atoms. The molecule has 0 aliphatic carbocycles. The Hall–Kier alpha value is -1.68. The van der Waals surface area contributed by atoms with Gasteiger partial charge in [0.2, 0.25) is 0 Å². The van der Waals surface area contributed by atoms with Gasteiger partial charge < -0.3 is 0 Å². The molecule has 0 bridgehead atoms. The van der Waals surface area contributed by atoms with Crippen molar-refractivity contribution in [3.8, 4) is 0 Å². The first-order chi connectivity index (χ1) is 7.34. The van der Waals surface area contributed by atoms with Gasteiger partial charge in [-0.25, -0.2) is 9.50 Å². The Kier molecular flexibility index (Phi) is 1.82. The maximum absolute atomic E-state index is 5.95. The predicted octanol–water partition coefficient (Wildman–Crippen LogP) is 1.85. The molecule has 4 nitrogen and oxygen atoms in total. The second-order valence-electron chi connectivity index (χ2n) is 3.26. The third-order valence-corrected chi connectivity index (χ3v) is 2.63. The third-order valence-electron chi connectivity index (χ3n) is 2.34. The van der Waals surface area contributed by atoms with Gasteiger partial charge >= 0.3 is 0 Å². The Morgan fingerprint density at radius 3 is 3.07 bits per heavy atom. The van der Waals surface area contributed by atoms with Crippen molar-refractivity contribution in [2.75, 3.05) is 6.54 Å². The Balaban J connectivity index is 2.22. The summed E-state index contributed by atoms with van der Waals surface area (Å²) in [5.74, 6) is 0. The maximum Gasteiger partial charge on any atom is 0.156 e. The van der Waals surface area contributed by atoms with Gasteiger partial charge in [-0.3, -0.25) is 4.99 Å². The van der Waals surface area contributed by atoms with Crippen LogP contribution in [-0.2, 0) is 0 Å². The van der Waals surface area contributed by atoms with Crippen molar-refractivity contribution in [3.63, 3.8) is 0 Å². The number of aliphatic imine (C=N–C) groups is 1. The summed E-state index contributed by atoms with van der Waals surface area (Å²) >= 11 is 5.95. The van der Waals surface area contributed by atoms with Gasteiger partial charge in [-0.1, -0.05) is 17.7 Å². The highest BCUT2D eigenvalue weighted by Crippen LogP contribution is 2.21. The van der Waals surface area contributed by atoms with Crippen LogP contribution in [0.25, 0.3) is 11.1 Å². The number of aromatic nitrogens is 3. The molecule has 0 spiro atoms. The van der Waals surface area contributed by atoms with Crippen LogP contribution in [0.3, 0.4) is 0 Å². The van der Waals surface area contributed by atoms with E-state index >= 15 is 0 Å². The third kappa shape index (κ3) is 1.34. The fourth-order valence-electron chi connectivity index (χ4n) is 1.60. The highest BCUT2D eigenvalue weighted by atomic mass is 35.5. The number of allylic oxidation sites excluding steroid dienone is 1. The van der Waals surface area contributed by atoms with Crippen molar-refractivity contribution in [2.45, 2.75) is 0 Å². The Morgan fingerprint density at radius 2 is 2.33 bits per heavy atom. The van der Waals surface area contributed by atoms with Crippen LogP contribution in [0.4, 0.5) is 0 Å². The van der Waals surface area contributed by atoms with Crippen LogP contribution in [0.2, 0.25) is 5.15 Å². The summed E-state index contributed by atoms with van der Waals surface area (Å²) < 4.78 is 1.72. The smallest absolute Gasteiger partial charge is 0.156 e. The monoisotopic (exact) mass is 218 g/mol. The highest BCUT2D eigenvalue weighted by molar-refractivity contribution is 6.32. The van der Waals surface area contributed by atoms with E-state index in [2.05, 4.69) is 21.2 Å². The van der Waals surface area contributed by atoms with Crippen LogP contribution in [0.1, 0.15) is 5.56 Å². The van der Waals surface area contributed by atoms with Crippen LogP contribution in [-0.4, -0.2) is 27.4 Å². The van der Waals surface area contributed by atoms with Crippen molar-refractivity contribution >= 4 is 28.9 Å². The molecule has 0 radical (unpaired) electrons. The van der Waals surface area contributed by atoms with Gasteiger partial charge in [0.15, 0.2) is 5.15 Å². The molecule has 3 rings (SSSR count). The fraction of sp³-hybridized carbons (Fsp3) is 0.100. The zero-order valence-corrected chi connectivity index (χ0v) is 8.52. The molecule has 0 saturated heterocycles. The van der Waals surface area contributed by atoms with Crippen molar-refractivity contribution in [1.29, 1.82) is 0 Å². The molecule has 1 aliphatic heterocycles. The summed E-state index contributed by atoms with van der Waals surface area (Å²) in [7, 11) is 0. The zero-order valence-electron chi connectivity index (χ0n) is 7.76. The van der Waals surface area contributed by atoms with Crippen molar-refractivity contribution in [3.05, 3.63) is 35.4 Å². The summed E-state index contributed by atoms with van der Waals surface area (Å²) in [6.45, 7) is 0.751. The number of halogens is 1. The average molecular weight is 219 g/mol. The molecule has 3 heterocycles. The van der Waals surface area contributed by atoms with E-state index in [0.29, 0.717) is 5.15 Å². The molecular weight excluding hydrogens is 212 g/mol. The second kappa shape index (κ2) is 3.17. The Labute approximate surface area is 90.9 Å². The van der Waals surface area contributed by atoms with Crippen LogP contribution >= 0.6 is 11.6 Å². The first-order valence-corrected chi connectivity index (χ1v) is 4.91. The minimum Gasteiger partial charge on any atom is -0.288 e. The normalized spacial score (nSPS) is 14.9. The van der Waals surface area contributed by atoms with E-state index in [9.17, 15) is 0 Å². The number of hydrogen-bond donors (Lipinski definition) is 0. The van der Waals surface area contributed by atoms with E-state index in [4.69, 9.17) is 11.6 Å². The van der Waals surface area contributed by atoms with Crippen LogP contribution in [0.5, 0.6) is 0 Å². The number of fused-ring (bicyclic) bond motifs is 1. The molecule has 2 aromatic heterocycles. The van der Waals surface area contributed by atoms with Crippen molar-refractivity contribution < 1.29 is 0 Å². The quantitative estimate of drug-likeness (QED) is 0.733. The number of nitrogens with zero attached hydrogens (tertiary/aromatic N) is 4. The molecular formula is C10H7ClN4. The molecule has 74 valence electrons. The standard InChI is InChI=1S/C10H7ClN4/c11-10-9-3-8(7-1-2-12-4-7)5-15(9)14-6-13-10/h1,3-6H,2H2. The Bertz CT molecular complexity index is 582. The summed E-state index contributed by atoms with van der Waals surface area (Å²) in [5.41, 5.74) is 2.99. The maximum atomic E-state index is 5.95. The predicted molar refractivity (Wildman–Crippen MR) is 59.3 cm³/mol. The molecule has 0 N–H and O–H groups in total. The molecule has 0 unspecified atom stereocenters. The number of hydrogen-bond acceptors (Lipinski definition) is 3. The van der Waals surface area contributed by atoms with Crippen LogP contribution in [0, 0.1) is 0 Å². The summed E-state index contributed by atoms with van der Waals surface area (Å²) in [6, 6.07) is 1.96. The second-order valence-corrected chi connectivity index (χ2v) is 3.62. The molecule has 0 aromatic carbocycles.